The molecule has 2 aromatic heterocycles. The van der Waals surface area contributed by atoms with E-state index in [0.717, 1.165) is 16.5 Å². The summed E-state index contributed by atoms with van der Waals surface area (Å²) in [6, 6.07) is 11.5. The number of hydrogen-bond donors (Lipinski definition) is 1. The number of nitrogen functional groups attached to an aromatic ring is 1. The maximum absolute atomic E-state index is 11.8. The number of carbonyl (C=O) groups is 1. The summed E-state index contributed by atoms with van der Waals surface area (Å²) in [6.45, 7) is 0.532. The van der Waals surface area contributed by atoms with Crippen LogP contribution in [0.25, 0.3) is 10.9 Å². The molecule has 0 aliphatic carbocycles. The van der Waals surface area contributed by atoms with Crippen molar-refractivity contribution >= 4 is 22.6 Å². The summed E-state index contributed by atoms with van der Waals surface area (Å²) in [6.07, 6.45) is 3.50. The molecule has 5 heteroatoms. The number of fused-ring (bicyclic) bond motifs is 1. The minimum Gasteiger partial charge on any atom is -0.464 e. The van der Waals surface area contributed by atoms with E-state index < -0.39 is 5.97 Å². The van der Waals surface area contributed by atoms with Gasteiger partial charge in [0.1, 0.15) is 5.69 Å². The van der Waals surface area contributed by atoms with Gasteiger partial charge in [0.25, 0.3) is 0 Å². The first kappa shape index (κ1) is 13.2. The molecule has 0 atom stereocenters. The van der Waals surface area contributed by atoms with E-state index in [9.17, 15) is 4.79 Å². The summed E-state index contributed by atoms with van der Waals surface area (Å²) in [4.78, 5) is 16.1. The smallest absolute Gasteiger partial charge is 0.354 e. The zero-order valence-electron chi connectivity index (χ0n) is 11.6. The molecule has 0 spiro atoms. The average Bonchev–Trinajstić information content (AvgIpc) is 2.87. The highest BCUT2D eigenvalue weighted by molar-refractivity contribution is 5.89. The highest BCUT2D eigenvalue weighted by Crippen LogP contribution is 2.20. The van der Waals surface area contributed by atoms with Crippen molar-refractivity contribution in [3.63, 3.8) is 0 Å². The Labute approximate surface area is 122 Å². The standard InChI is InChI=1S/C16H15N3O2/c1-21-16(20)15-8-12(17)10-19(15)9-11-6-7-18-14-5-3-2-4-13(11)14/h2-8,10H,9,17H2,1H3. The molecular weight excluding hydrogens is 266 g/mol. The number of nitrogens with zero attached hydrogens (tertiary/aromatic N) is 2. The van der Waals surface area contributed by atoms with E-state index in [4.69, 9.17) is 10.5 Å². The quantitative estimate of drug-likeness (QED) is 0.749. The van der Waals surface area contributed by atoms with Gasteiger partial charge in [-0.25, -0.2) is 4.79 Å². The van der Waals surface area contributed by atoms with Crippen LogP contribution in [0.1, 0.15) is 16.1 Å². The zero-order valence-corrected chi connectivity index (χ0v) is 11.6. The van der Waals surface area contributed by atoms with Gasteiger partial charge in [0.15, 0.2) is 0 Å². The summed E-state index contributed by atoms with van der Waals surface area (Å²) in [5.74, 6) is -0.398. The third kappa shape index (κ3) is 2.45. The number of aromatic nitrogens is 2. The van der Waals surface area contributed by atoms with Gasteiger partial charge in [-0.15, -0.1) is 0 Å². The highest BCUT2D eigenvalue weighted by Gasteiger charge is 2.14. The maximum Gasteiger partial charge on any atom is 0.354 e. The lowest BCUT2D eigenvalue weighted by atomic mass is 10.1. The van der Waals surface area contributed by atoms with Gasteiger partial charge in [0, 0.05) is 24.3 Å². The Morgan fingerprint density at radius 3 is 2.95 bits per heavy atom. The molecule has 0 amide bonds. The largest absolute Gasteiger partial charge is 0.464 e. The second kappa shape index (κ2) is 5.28. The normalized spacial score (nSPS) is 10.7. The van der Waals surface area contributed by atoms with E-state index in [2.05, 4.69) is 4.98 Å². The number of para-hydroxylation sites is 1. The molecule has 0 saturated heterocycles. The van der Waals surface area contributed by atoms with Crippen molar-refractivity contribution in [1.29, 1.82) is 0 Å². The third-order valence-corrected chi connectivity index (χ3v) is 3.39. The molecule has 0 aliphatic heterocycles. The minimum atomic E-state index is -0.398. The molecule has 0 bridgehead atoms. The monoisotopic (exact) mass is 281 g/mol. The molecule has 0 radical (unpaired) electrons. The van der Waals surface area contributed by atoms with Crippen molar-refractivity contribution in [2.75, 3.05) is 12.8 Å². The summed E-state index contributed by atoms with van der Waals surface area (Å²) in [5, 5.41) is 1.06. The van der Waals surface area contributed by atoms with Crippen LogP contribution in [0, 0.1) is 0 Å². The molecule has 5 nitrogen and oxygen atoms in total. The third-order valence-electron chi connectivity index (χ3n) is 3.39. The van der Waals surface area contributed by atoms with Crippen LogP contribution in [0.4, 0.5) is 5.69 Å². The van der Waals surface area contributed by atoms with E-state index >= 15 is 0 Å². The van der Waals surface area contributed by atoms with Gasteiger partial charge in [0.05, 0.1) is 18.3 Å². The number of rotatable bonds is 3. The topological polar surface area (TPSA) is 70.1 Å². The Balaban J connectivity index is 2.05. The minimum absolute atomic E-state index is 0.398. The van der Waals surface area contributed by atoms with Crippen molar-refractivity contribution in [1.82, 2.24) is 9.55 Å². The number of methoxy groups -OCH3 is 1. The molecule has 2 heterocycles. The molecule has 0 saturated carbocycles. The second-order valence-corrected chi connectivity index (χ2v) is 4.77. The molecule has 106 valence electrons. The molecule has 2 N–H and O–H groups in total. The van der Waals surface area contributed by atoms with E-state index in [0.29, 0.717) is 17.9 Å². The summed E-state index contributed by atoms with van der Waals surface area (Å²) in [5.41, 5.74) is 8.77. The van der Waals surface area contributed by atoms with Crippen molar-refractivity contribution in [2.45, 2.75) is 6.54 Å². The first-order valence-electron chi connectivity index (χ1n) is 6.55. The fraction of sp³-hybridized carbons (Fsp3) is 0.125. The van der Waals surface area contributed by atoms with Gasteiger partial charge in [-0.05, 0) is 23.8 Å². The lowest BCUT2D eigenvalue weighted by Gasteiger charge is -2.10. The molecule has 3 aromatic rings. The molecule has 21 heavy (non-hydrogen) atoms. The second-order valence-electron chi connectivity index (χ2n) is 4.77. The van der Waals surface area contributed by atoms with Gasteiger partial charge < -0.3 is 15.0 Å². The number of nitrogens with two attached hydrogens (primary N) is 1. The van der Waals surface area contributed by atoms with Crippen LogP contribution in [0.5, 0.6) is 0 Å². The highest BCUT2D eigenvalue weighted by atomic mass is 16.5. The van der Waals surface area contributed by atoms with Crippen LogP contribution in [0.15, 0.2) is 48.8 Å². The molecule has 0 aliphatic rings. The van der Waals surface area contributed by atoms with E-state index in [1.54, 1.807) is 23.0 Å². The fourth-order valence-corrected chi connectivity index (χ4v) is 2.42. The van der Waals surface area contributed by atoms with Crippen LogP contribution in [0.2, 0.25) is 0 Å². The lowest BCUT2D eigenvalue weighted by Crippen LogP contribution is -2.11. The van der Waals surface area contributed by atoms with E-state index in [1.807, 2.05) is 30.3 Å². The number of ether oxygens (including phenoxy) is 1. The average molecular weight is 281 g/mol. The molecule has 0 fully saturated rings. The predicted octanol–water partition coefficient (Wildman–Crippen LogP) is 2.45. The van der Waals surface area contributed by atoms with E-state index in [1.165, 1.54) is 7.11 Å². The Bertz CT molecular complexity index is 803. The number of carbonyl (C=O) groups excluding carboxylic acids is 1. The van der Waals surface area contributed by atoms with E-state index in [-0.39, 0.29) is 0 Å². The fourth-order valence-electron chi connectivity index (χ4n) is 2.42. The van der Waals surface area contributed by atoms with Crippen LogP contribution in [-0.4, -0.2) is 22.6 Å². The van der Waals surface area contributed by atoms with Gasteiger partial charge >= 0.3 is 5.97 Å². The summed E-state index contributed by atoms with van der Waals surface area (Å²) >= 11 is 0. The summed E-state index contributed by atoms with van der Waals surface area (Å²) < 4.78 is 6.58. The van der Waals surface area contributed by atoms with Crippen molar-refractivity contribution in [3.8, 4) is 0 Å². The summed E-state index contributed by atoms with van der Waals surface area (Å²) in [7, 11) is 1.36. The van der Waals surface area contributed by atoms with Crippen LogP contribution in [0.3, 0.4) is 0 Å². The Morgan fingerprint density at radius 2 is 2.14 bits per heavy atom. The van der Waals surface area contributed by atoms with Gasteiger partial charge in [-0.2, -0.15) is 0 Å². The zero-order chi connectivity index (χ0) is 14.8. The first-order chi connectivity index (χ1) is 10.2. The van der Waals surface area contributed by atoms with Crippen molar-refractivity contribution < 1.29 is 9.53 Å². The predicted molar refractivity (Wildman–Crippen MR) is 81.0 cm³/mol. The number of anilines is 1. The number of benzene rings is 1. The Morgan fingerprint density at radius 1 is 1.33 bits per heavy atom. The Hall–Kier alpha value is -2.82. The molecule has 1 aromatic carbocycles. The van der Waals surface area contributed by atoms with Crippen molar-refractivity contribution in [2.24, 2.45) is 0 Å². The van der Waals surface area contributed by atoms with Crippen LogP contribution >= 0.6 is 0 Å². The van der Waals surface area contributed by atoms with Gasteiger partial charge in [-0.3, -0.25) is 4.98 Å². The molecular formula is C16H15N3O2. The SMILES string of the molecule is COC(=O)c1cc(N)cn1Cc1ccnc2ccccc12. The Kier molecular flexibility index (Phi) is 3.31. The maximum atomic E-state index is 11.8. The lowest BCUT2D eigenvalue weighted by molar-refractivity contribution is 0.0589. The van der Waals surface area contributed by atoms with Gasteiger partial charge in [-0.1, -0.05) is 18.2 Å². The van der Waals surface area contributed by atoms with Gasteiger partial charge in [0.2, 0.25) is 0 Å². The van der Waals surface area contributed by atoms with Crippen LogP contribution < -0.4 is 5.73 Å². The number of pyridine rings is 1. The van der Waals surface area contributed by atoms with Crippen molar-refractivity contribution in [3.05, 3.63) is 60.0 Å². The van der Waals surface area contributed by atoms with Crippen LogP contribution in [-0.2, 0) is 11.3 Å². The molecule has 0 unspecified atom stereocenters. The number of esters is 1. The molecule has 3 rings (SSSR count). The number of hydrogen-bond acceptors (Lipinski definition) is 4. The first-order valence-corrected chi connectivity index (χ1v) is 6.55.